The zero-order valence-corrected chi connectivity index (χ0v) is 12.4. The molecular weight excluding hydrogens is 234 g/mol. The molecule has 1 N–H and O–H groups in total. The molecule has 3 rings (SSSR count). The Hall–Kier alpha value is -0.990. The molecule has 1 heterocycles. The summed E-state index contributed by atoms with van der Waals surface area (Å²) < 4.78 is 2.42. The van der Waals surface area contributed by atoms with Gasteiger partial charge in [0.05, 0.1) is 5.69 Å². The lowest BCUT2D eigenvalue weighted by Gasteiger charge is -2.30. The van der Waals surface area contributed by atoms with Crippen LogP contribution in [0.1, 0.15) is 70.0 Å². The van der Waals surface area contributed by atoms with Crippen LogP contribution in [0.5, 0.6) is 0 Å². The second-order valence-corrected chi connectivity index (χ2v) is 6.56. The molecule has 2 unspecified atom stereocenters. The van der Waals surface area contributed by atoms with Gasteiger partial charge in [0, 0.05) is 18.3 Å². The average Bonchev–Trinajstić information content (AvgIpc) is 3.01. The van der Waals surface area contributed by atoms with Gasteiger partial charge in [0.1, 0.15) is 0 Å². The number of anilines is 1. The molecule has 3 nitrogen and oxygen atoms in total. The van der Waals surface area contributed by atoms with E-state index in [-0.39, 0.29) is 0 Å². The third-order valence-electron chi connectivity index (χ3n) is 5.00. The van der Waals surface area contributed by atoms with Crippen LogP contribution < -0.4 is 5.32 Å². The fourth-order valence-corrected chi connectivity index (χ4v) is 3.78. The van der Waals surface area contributed by atoms with Gasteiger partial charge in [-0.15, -0.1) is 0 Å². The van der Waals surface area contributed by atoms with Crippen LogP contribution in [0.15, 0.2) is 6.20 Å². The predicted molar refractivity (Wildman–Crippen MR) is 79.5 cm³/mol. The van der Waals surface area contributed by atoms with Gasteiger partial charge in [-0.25, -0.2) is 4.98 Å². The second-order valence-electron chi connectivity index (χ2n) is 6.56. The summed E-state index contributed by atoms with van der Waals surface area (Å²) in [5, 5.41) is 3.75. The van der Waals surface area contributed by atoms with Gasteiger partial charge in [-0.2, -0.15) is 0 Å². The molecule has 106 valence electrons. The van der Waals surface area contributed by atoms with Gasteiger partial charge in [0.2, 0.25) is 5.95 Å². The Morgan fingerprint density at radius 1 is 1.11 bits per heavy atom. The van der Waals surface area contributed by atoms with E-state index >= 15 is 0 Å². The van der Waals surface area contributed by atoms with Gasteiger partial charge >= 0.3 is 0 Å². The molecule has 2 saturated carbocycles. The van der Waals surface area contributed by atoms with Crippen molar-refractivity contribution >= 4 is 5.95 Å². The number of aryl methyl sites for hydroxylation is 1. The number of nitrogens with one attached hydrogen (secondary N) is 1. The summed E-state index contributed by atoms with van der Waals surface area (Å²) in [6, 6.07) is 1.30. The van der Waals surface area contributed by atoms with Gasteiger partial charge in [-0.05, 0) is 38.5 Å². The zero-order chi connectivity index (χ0) is 13.2. The predicted octanol–water partition coefficient (Wildman–Crippen LogP) is 4.30. The Labute approximate surface area is 116 Å². The Morgan fingerprint density at radius 2 is 1.79 bits per heavy atom. The molecular formula is C16H27N3. The number of nitrogens with zero attached hydrogens (tertiary/aromatic N) is 2. The number of hydrogen-bond donors (Lipinski definition) is 1. The molecule has 0 aliphatic heterocycles. The first-order valence-corrected chi connectivity index (χ1v) is 8.06. The molecule has 3 heteroatoms. The van der Waals surface area contributed by atoms with Gasteiger partial charge in [0.25, 0.3) is 0 Å². The highest BCUT2D eigenvalue weighted by molar-refractivity contribution is 5.31. The SMILES string of the molecule is Cc1cn(C2CCCC2)c(NC2CCCCC2C)n1. The van der Waals surface area contributed by atoms with E-state index in [4.69, 9.17) is 4.98 Å². The first-order valence-electron chi connectivity index (χ1n) is 8.06. The Morgan fingerprint density at radius 3 is 2.53 bits per heavy atom. The summed E-state index contributed by atoms with van der Waals surface area (Å²) >= 11 is 0. The van der Waals surface area contributed by atoms with E-state index in [0.29, 0.717) is 12.1 Å². The number of imidazole rings is 1. The summed E-state index contributed by atoms with van der Waals surface area (Å²) in [5.74, 6) is 1.91. The minimum Gasteiger partial charge on any atom is -0.353 e. The summed E-state index contributed by atoms with van der Waals surface area (Å²) in [6.07, 6.45) is 13.1. The maximum absolute atomic E-state index is 4.74. The van der Waals surface area contributed by atoms with E-state index in [1.54, 1.807) is 0 Å². The Bertz CT molecular complexity index is 418. The molecule has 0 radical (unpaired) electrons. The minimum absolute atomic E-state index is 0.621. The lowest BCUT2D eigenvalue weighted by Crippen LogP contribution is -2.31. The van der Waals surface area contributed by atoms with Crippen molar-refractivity contribution < 1.29 is 0 Å². The maximum Gasteiger partial charge on any atom is 0.203 e. The number of hydrogen-bond acceptors (Lipinski definition) is 2. The molecule has 0 bridgehead atoms. The van der Waals surface area contributed by atoms with Crippen LogP contribution in [0.3, 0.4) is 0 Å². The fraction of sp³-hybridized carbons (Fsp3) is 0.812. The van der Waals surface area contributed by atoms with Gasteiger partial charge in [-0.1, -0.05) is 32.6 Å². The highest BCUT2D eigenvalue weighted by Gasteiger charge is 2.25. The third-order valence-corrected chi connectivity index (χ3v) is 5.00. The standard InChI is InChI=1S/C16H27N3/c1-12-7-3-6-10-15(12)18-16-17-13(2)11-19(16)14-8-4-5-9-14/h11-12,14-15H,3-10H2,1-2H3,(H,17,18). The van der Waals surface area contributed by atoms with E-state index in [0.717, 1.165) is 17.6 Å². The quantitative estimate of drug-likeness (QED) is 0.879. The number of rotatable bonds is 3. The Balaban J connectivity index is 1.75. The molecule has 0 spiro atoms. The van der Waals surface area contributed by atoms with Gasteiger partial charge < -0.3 is 9.88 Å². The topological polar surface area (TPSA) is 29.9 Å². The van der Waals surface area contributed by atoms with Crippen molar-refractivity contribution in [2.24, 2.45) is 5.92 Å². The normalized spacial score (nSPS) is 28.7. The molecule has 1 aromatic rings. The van der Waals surface area contributed by atoms with Crippen LogP contribution >= 0.6 is 0 Å². The van der Waals surface area contributed by atoms with Crippen LogP contribution in [0.4, 0.5) is 5.95 Å². The first-order chi connectivity index (χ1) is 9.24. The van der Waals surface area contributed by atoms with Crippen molar-refractivity contribution in [1.29, 1.82) is 0 Å². The van der Waals surface area contributed by atoms with Crippen LogP contribution in [0.25, 0.3) is 0 Å². The van der Waals surface area contributed by atoms with E-state index in [2.05, 4.69) is 29.9 Å². The van der Waals surface area contributed by atoms with Crippen LogP contribution in [-0.4, -0.2) is 15.6 Å². The van der Waals surface area contributed by atoms with E-state index in [1.807, 2.05) is 0 Å². The second kappa shape index (κ2) is 5.56. The molecule has 19 heavy (non-hydrogen) atoms. The molecule has 0 amide bonds. The maximum atomic E-state index is 4.74. The number of aromatic nitrogens is 2. The van der Waals surface area contributed by atoms with Crippen molar-refractivity contribution in [3.05, 3.63) is 11.9 Å². The van der Waals surface area contributed by atoms with E-state index in [9.17, 15) is 0 Å². The van der Waals surface area contributed by atoms with Crippen molar-refractivity contribution in [3.8, 4) is 0 Å². The molecule has 1 aromatic heterocycles. The summed E-state index contributed by atoms with van der Waals surface area (Å²) in [6.45, 7) is 4.49. The largest absolute Gasteiger partial charge is 0.353 e. The molecule has 2 fully saturated rings. The first kappa shape index (κ1) is 13.0. The summed E-state index contributed by atoms with van der Waals surface area (Å²) in [5.41, 5.74) is 1.15. The summed E-state index contributed by atoms with van der Waals surface area (Å²) in [7, 11) is 0. The molecule has 2 atom stereocenters. The summed E-state index contributed by atoms with van der Waals surface area (Å²) in [4.78, 5) is 4.74. The fourth-order valence-electron chi connectivity index (χ4n) is 3.78. The van der Waals surface area contributed by atoms with E-state index < -0.39 is 0 Å². The van der Waals surface area contributed by atoms with Crippen molar-refractivity contribution in [1.82, 2.24) is 9.55 Å². The van der Waals surface area contributed by atoms with E-state index in [1.165, 1.54) is 51.4 Å². The highest BCUT2D eigenvalue weighted by Crippen LogP contribution is 2.33. The van der Waals surface area contributed by atoms with Gasteiger partial charge in [-0.3, -0.25) is 0 Å². The minimum atomic E-state index is 0.621. The molecule has 0 saturated heterocycles. The Kier molecular flexibility index (Phi) is 3.81. The van der Waals surface area contributed by atoms with Crippen LogP contribution in [0.2, 0.25) is 0 Å². The monoisotopic (exact) mass is 261 g/mol. The third kappa shape index (κ3) is 2.80. The van der Waals surface area contributed by atoms with Crippen molar-refractivity contribution in [2.75, 3.05) is 5.32 Å². The van der Waals surface area contributed by atoms with Gasteiger partial charge in [0.15, 0.2) is 0 Å². The lowest BCUT2D eigenvalue weighted by atomic mass is 9.86. The average molecular weight is 261 g/mol. The van der Waals surface area contributed by atoms with Crippen molar-refractivity contribution in [2.45, 2.75) is 77.3 Å². The van der Waals surface area contributed by atoms with Crippen LogP contribution in [0, 0.1) is 12.8 Å². The molecule has 0 aromatic carbocycles. The smallest absolute Gasteiger partial charge is 0.203 e. The van der Waals surface area contributed by atoms with Crippen LogP contribution in [-0.2, 0) is 0 Å². The lowest BCUT2D eigenvalue weighted by molar-refractivity contribution is 0.346. The molecule has 2 aliphatic carbocycles. The highest BCUT2D eigenvalue weighted by atomic mass is 15.2. The molecule has 2 aliphatic rings. The zero-order valence-electron chi connectivity index (χ0n) is 12.4. The van der Waals surface area contributed by atoms with Crippen molar-refractivity contribution in [3.63, 3.8) is 0 Å².